The molecule has 1 fully saturated rings. The Kier molecular flexibility index (Phi) is 5.84. The molecular formula is C18H30N2O2. The van der Waals surface area contributed by atoms with Crippen molar-refractivity contribution < 1.29 is 9.84 Å². The first-order valence-electron chi connectivity index (χ1n) is 8.17. The molecule has 1 atom stereocenters. The summed E-state index contributed by atoms with van der Waals surface area (Å²) in [6.07, 6.45) is -0.439. The van der Waals surface area contributed by atoms with Gasteiger partial charge in [-0.05, 0) is 30.2 Å². The molecule has 124 valence electrons. The molecule has 1 unspecified atom stereocenters. The Balaban J connectivity index is 1.75. The second kappa shape index (κ2) is 7.44. The van der Waals surface area contributed by atoms with Crippen molar-refractivity contribution in [2.75, 3.05) is 46.4 Å². The van der Waals surface area contributed by atoms with Crippen LogP contribution in [0, 0.1) is 0 Å². The fourth-order valence-corrected chi connectivity index (χ4v) is 2.62. The number of β-amino-alcohol motifs (C(OH)–C–C–N with tert-alkyl or cyclic N) is 1. The van der Waals surface area contributed by atoms with Crippen molar-refractivity contribution in [3.8, 4) is 5.75 Å². The maximum absolute atomic E-state index is 10.1. The van der Waals surface area contributed by atoms with Gasteiger partial charge in [-0.25, -0.2) is 0 Å². The number of likely N-dealkylation sites (N-methyl/N-ethyl adjacent to an activating group) is 1. The number of ether oxygens (including phenoxy) is 1. The van der Waals surface area contributed by atoms with Crippen LogP contribution in [0.4, 0.5) is 0 Å². The van der Waals surface area contributed by atoms with Gasteiger partial charge in [0.05, 0.1) is 0 Å². The zero-order valence-electron chi connectivity index (χ0n) is 14.4. The summed E-state index contributed by atoms with van der Waals surface area (Å²) in [7, 11) is 2.14. The van der Waals surface area contributed by atoms with E-state index in [1.165, 1.54) is 5.56 Å². The van der Waals surface area contributed by atoms with E-state index < -0.39 is 6.10 Å². The minimum Gasteiger partial charge on any atom is -0.491 e. The lowest BCUT2D eigenvalue weighted by molar-refractivity contribution is 0.0505. The summed E-state index contributed by atoms with van der Waals surface area (Å²) in [6, 6.07) is 8.18. The van der Waals surface area contributed by atoms with Crippen LogP contribution in [0.3, 0.4) is 0 Å². The molecule has 1 saturated heterocycles. The molecule has 2 rings (SSSR count). The van der Waals surface area contributed by atoms with Crippen LogP contribution in [0.15, 0.2) is 24.3 Å². The van der Waals surface area contributed by atoms with Gasteiger partial charge in [0.25, 0.3) is 0 Å². The number of benzene rings is 1. The summed E-state index contributed by atoms with van der Waals surface area (Å²) in [6.45, 7) is 11.8. The number of rotatable bonds is 5. The third kappa shape index (κ3) is 5.27. The van der Waals surface area contributed by atoms with Crippen molar-refractivity contribution in [2.24, 2.45) is 0 Å². The topological polar surface area (TPSA) is 35.9 Å². The fraction of sp³-hybridized carbons (Fsp3) is 0.667. The molecule has 0 aliphatic carbocycles. The highest BCUT2D eigenvalue weighted by Gasteiger charge is 2.17. The molecule has 0 amide bonds. The molecule has 0 spiro atoms. The molecule has 1 aliphatic rings. The minimum atomic E-state index is -0.439. The lowest BCUT2D eigenvalue weighted by Crippen LogP contribution is -2.47. The second-order valence-corrected chi connectivity index (χ2v) is 7.34. The van der Waals surface area contributed by atoms with E-state index in [1.807, 2.05) is 12.1 Å². The average Bonchev–Trinajstić information content (AvgIpc) is 2.47. The number of aliphatic hydroxyl groups excluding tert-OH is 1. The maximum atomic E-state index is 10.1. The monoisotopic (exact) mass is 306 g/mol. The Morgan fingerprint density at radius 1 is 1.09 bits per heavy atom. The number of aliphatic hydroxyl groups is 1. The lowest BCUT2D eigenvalue weighted by Gasteiger charge is -2.33. The van der Waals surface area contributed by atoms with Gasteiger partial charge in [0.15, 0.2) is 0 Å². The SMILES string of the molecule is CN1CCN(CC(O)COc2ccc(C(C)(C)C)cc2)CC1. The quantitative estimate of drug-likeness (QED) is 0.902. The van der Waals surface area contributed by atoms with Crippen LogP contribution in [0.5, 0.6) is 5.75 Å². The normalized spacial score (nSPS) is 19.1. The van der Waals surface area contributed by atoms with Crippen LogP contribution in [0.1, 0.15) is 26.3 Å². The number of piperazine rings is 1. The highest BCUT2D eigenvalue weighted by molar-refractivity contribution is 5.31. The first-order valence-corrected chi connectivity index (χ1v) is 8.17. The van der Waals surface area contributed by atoms with E-state index in [0.717, 1.165) is 31.9 Å². The van der Waals surface area contributed by atoms with E-state index >= 15 is 0 Å². The Labute approximate surface area is 134 Å². The van der Waals surface area contributed by atoms with Gasteiger partial charge in [0.1, 0.15) is 18.5 Å². The van der Waals surface area contributed by atoms with E-state index in [4.69, 9.17) is 4.74 Å². The summed E-state index contributed by atoms with van der Waals surface area (Å²) < 4.78 is 5.71. The van der Waals surface area contributed by atoms with Crippen molar-refractivity contribution in [2.45, 2.75) is 32.3 Å². The minimum absolute atomic E-state index is 0.152. The highest BCUT2D eigenvalue weighted by Crippen LogP contribution is 2.24. The Morgan fingerprint density at radius 3 is 2.23 bits per heavy atom. The predicted molar refractivity (Wildman–Crippen MR) is 90.6 cm³/mol. The van der Waals surface area contributed by atoms with E-state index in [9.17, 15) is 5.11 Å². The second-order valence-electron chi connectivity index (χ2n) is 7.34. The Hall–Kier alpha value is -1.10. The third-order valence-corrected chi connectivity index (χ3v) is 4.23. The van der Waals surface area contributed by atoms with E-state index in [-0.39, 0.29) is 5.41 Å². The molecule has 4 heteroatoms. The Morgan fingerprint density at radius 2 is 1.68 bits per heavy atom. The van der Waals surface area contributed by atoms with Crippen molar-refractivity contribution in [1.82, 2.24) is 9.80 Å². The van der Waals surface area contributed by atoms with Crippen LogP contribution in [-0.2, 0) is 5.41 Å². The van der Waals surface area contributed by atoms with Crippen LogP contribution in [0.2, 0.25) is 0 Å². The van der Waals surface area contributed by atoms with E-state index in [1.54, 1.807) is 0 Å². The largest absolute Gasteiger partial charge is 0.491 e. The predicted octanol–water partition coefficient (Wildman–Crippen LogP) is 1.97. The highest BCUT2D eigenvalue weighted by atomic mass is 16.5. The lowest BCUT2D eigenvalue weighted by atomic mass is 9.87. The standard InChI is InChI=1S/C18H30N2O2/c1-18(2,3)15-5-7-17(8-6-15)22-14-16(21)13-20-11-9-19(4)10-12-20/h5-8,16,21H,9-14H2,1-4H3. The molecule has 1 aliphatic heterocycles. The van der Waals surface area contributed by atoms with Gasteiger partial charge in [0, 0.05) is 32.7 Å². The summed E-state index contributed by atoms with van der Waals surface area (Å²) in [4.78, 5) is 4.62. The van der Waals surface area contributed by atoms with E-state index in [0.29, 0.717) is 13.2 Å². The van der Waals surface area contributed by atoms with Crippen molar-refractivity contribution in [3.05, 3.63) is 29.8 Å². The molecule has 0 bridgehead atoms. The molecule has 22 heavy (non-hydrogen) atoms. The summed E-state index contributed by atoms with van der Waals surface area (Å²) in [5.74, 6) is 0.824. The van der Waals surface area contributed by atoms with Gasteiger partial charge in [-0.2, -0.15) is 0 Å². The third-order valence-electron chi connectivity index (χ3n) is 4.23. The number of hydrogen-bond donors (Lipinski definition) is 1. The van der Waals surface area contributed by atoms with E-state index in [2.05, 4.69) is 49.8 Å². The summed E-state index contributed by atoms with van der Waals surface area (Å²) in [5.41, 5.74) is 1.44. The van der Waals surface area contributed by atoms with Gasteiger partial charge in [-0.3, -0.25) is 4.90 Å². The smallest absolute Gasteiger partial charge is 0.119 e. The van der Waals surface area contributed by atoms with Gasteiger partial charge >= 0.3 is 0 Å². The molecule has 1 heterocycles. The average molecular weight is 306 g/mol. The molecule has 1 aromatic rings. The molecule has 4 nitrogen and oxygen atoms in total. The van der Waals surface area contributed by atoms with Crippen molar-refractivity contribution >= 4 is 0 Å². The zero-order valence-corrected chi connectivity index (χ0v) is 14.4. The molecule has 0 radical (unpaired) electrons. The van der Waals surface area contributed by atoms with Crippen LogP contribution in [-0.4, -0.2) is 67.4 Å². The van der Waals surface area contributed by atoms with Gasteiger partial charge in [-0.1, -0.05) is 32.9 Å². The first-order chi connectivity index (χ1) is 10.3. The summed E-state index contributed by atoms with van der Waals surface area (Å²) >= 11 is 0. The zero-order chi connectivity index (χ0) is 16.2. The van der Waals surface area contributed by atoms with Gasteiger partial charge < -0.3 is 14.7 Å². The summed E-state index contributed by atoms with van der Waals surface area (Å²) in [5, 5.41) is 10.1. The molecule has 1 N–H and O–H groups in total. The molecule has 0 aromatic heterocycles. The fourth-order valence-electron chi connectivity index (χ4n) is 2.62. The maximum Gasteiger partial charge on any atom is 0.119 e. The molecule has 0 saturated carbocycles. The van der Waals surface area contributed by atoms with Crippen molar-refractivity contribution in [3.63, 3.8) is 0 Å². The van der Waals surface area contributed by atoms with Crippen molar-refractivity contribution in [1.29, 1.82) is 0 Å². The number of nitrogens with zero attached hydrogens (tertiary/aromatic N) is 2. The first kappa shape index (κ1) is 17.3. The molecular weight excluding hydrogens is 276 g/mol. The van der Waals surface area contributed by atoms with Crippen LogP contribution >= 0.6 is 0 Å². The van der Waals surface area contributed by atoms with Gasteiger partial charge in [0.2, 0.25) is 0 Å². The van der Waals surface area contributed by atoms with Crippen LogP contribution in [0.25, 0.3) is 0 Å². The number of hydrogen-bond acceptors (Lipinski definition) is 4. The van der Waals surface area contributed by atoms with Crippen LogP contribution < -0.4 is 4.74 Å². The Bertz CT molecular complexity index is 445. The van der Waals surface area contributed by atoms with Gasteiger partial charge in [-0.15, -0.1) is 0 Å². The molecule has 1 aromatic carbocycles.